The second-order valence-corrected chi connectivity index (χ2v) is 7.53. The van der Waals surface area contributed by atoms with Gasteiger partial charge in [0.25, 0.3) is 5.91 Å². The van der Waals surface area contributed by atoms with Gasteiger partial charge >= 0.3 is 0 Å². The molecule has 1 saturated heterocycles. The number of amides is 2. The first kappa shape index (κ1) is 20.1. The van der Waals surface area contributed by atoms with Crippen LogP contribution in [0.2, 0.25) is 0 Å². The van der Waals surface area contributed by atoms with Gasteiger partial charge in [-0.15, -0.1) is 11.8 Å². The van der Waals surface area contributed by atoms with Crippen molar-refractivity contribution < 1.29 is 23.1 Å². The molecule has 1 aliphatic rings. The number of thioether (sulfide) groups is 1. The summed E-state index contributed by atoms with van der Waals surface area (Å²) in [6, 6.07) is 7.83. The van der Waals surface area contributed by atoms with Gasteiger partial charge in [0, 0.05) is 17.5 Å². The van der Waals surface area contributed by atoms with Crippen LogP contribution in [0.5, 0.6) is 5.75 Å². The number of hydrogen-bond donors (Lipinski definition) is 1. The van der Waals surface area contributed by atoms with E-state index in [2.05, 4.69) is 5.32 Å². The Bertz CT molecular complexity index is 907. The van der Waals surface area contributed by atoms with Crippen molar-refractivity contribution in [3.05, 3.63) is 59.2 Å². The highest BCUT2D eigenvalue weighted by molar-refractivity contribution is 7.99. The summed E-state index contributed by atoms with van der Waals surface area (Å²) in [6.07, 6.45) is 0. The normalized spacial score (nSPS) is 16.1. The molecule has 1 heterocycles. The molecule has 2 aromatic rings. The molecule has 28 heavy (non-hydrogen) atoms. The van der Waals surface area contributed by atoms with Crippen LogP contribution in [0.4, 0.5) is 14.5 Å². The molecule has 2 aromatic carbocycles. The van der Waals surface area contributed by atoms with E-state index in [0.717, 1.165) is 23.3 Å². The van der Waals surface area contributed by atoms with Gasteiger partial charge in [-0.1, -0.05) is 6.07 Å². The maximum Gasteiger partial charge on any atom is 0.261 e. The molecule has 0 spiro atoms. The van der Waals surface area contributed by atoms with E-state index in [0.29, 0.717) is 23.4 Å². The van der Waals surface area contributed by atoms with Crippen molar-refractivity contribution in [2.45, 2.75) is 19.9 Å². The number of nitrogens with one attached hydrogen (secondary N) is 1. The number of rotatable bonds is 5. The summed E-state index contributed by atoms with van der Waals surface area (Å²) in [5, 5.41) is 2.84. The molecule has 0 saturated carbocycles. The molecule has 1 unspecified atom stereocenters. The molecule has 0 radical (unpaired) electrons. The second-order valence-electron chi connectivity index (χ2n) is 6.53. The van der Waals surface area contributed by atoms with E-state index in [4.69, 9.17) is 4.74 Å². The minimum absolute atomic E-state index is 0.210. The maximum absolute atomic E-state index is 13.6. The van der Waals surface area contributed by atoms with E-state index >= 15 is 0 Å². The first-order valence-corrected chi connectivity index (χ1v) is 9.84. The lowest BCUT2D eigenvalue weighted by Crippen LogP contribution is -2.46. The second kappa shape index (κ2) is 8.60. The van der Waals surface area contributed by atoms with Crippen LogP contribution < -0.4 is 10.1 Å². The van der Waals surface area contributed by atoms with E-state index in [1.54, 1.807) is 0 Å². The van der Waals surface area contributed by atoms with Gasteiger partial charge in [-0.3, -0.25) is 9.59 Å². The molecular weight excluding hydrogens is 386 g/mol. The van der Waals surface area contributed by atoms with Crippen LogP contribution in [0.3, 0.4) is 0 Å². The summed E-state index contributed by atoms with van der Waals surface area (Å²) in [5.41, 5.74) is 2.85. The molecule has 3 rings (SSSR count). The summed E-state index contributed by atoms with van der Waals surface area (Å²) in [6.45, 7) is 3.51. The molecule has 1 aliphatic heterocycles. The Labute approximate surface area is 166 Å². The first-order chi connectivity index (χ1) is 13.3. The number of carbonyl (C=O) groups is 2. The molecule has 0 aromatic heterocycles. The van der Waals surface area contributed by atoms with Gasteiger partial charge in [0.2, 0.25) is 5.91 Å². The Hall–Kier alpha value is -2.61. The van der Waals surface area contributed by atoms with Crippen molar-refractivity contribution in [3.8, 4) is 5.75 Å². The highest BCUT2D eigenvalue weighted by Crippen LogP contribution is 2.24. The minimum Gasteiger partial charge on any atom is -0.481 e. The molecule has 8 heteroatoms. The van der Waals surface area contributed by atoms with Crippen molar-refractivity contribution in [3.63, 3.8) is 0 Å². The third-order valence-electron chi connectivity index (χ3n) is 4.52. The lowest BCUT2D eigenvalue weighted by atomic mass is 10.1. The highest BCUT2D eigenvalue weighted by atomic mass is 32.2. The fourth-order valence-electron chi connectivity index (χ4n) is 2.77. The standard InChI is InChI=1S/C20H20F2N2O3S/c1-12-3-5-15(7-13(12)2)23-20(26)17-10-28-11-24(17)19(25)9-27-18-6-4-14(21)8-16(18)22/h3-8,17H,9-11H2,1-2H3,(H,23,26). The minimum atomic E-state index is -0.882. The number of hydrogen-bond acceptors (Lipinski definition) is 4. The average Bonchev–Trinajstić information content (AvgIpc) is 3.14. The number of anilines is 1. The Morgan fingerprint density at radius 3 is 2.68 bits per heavy atom. The van der Waals surface area contributed by atoms with Crippen LogP contribution >= 0.6 is 11.8 Å². The SMILES string of the molecule is Cc1ccc(NC(=O)C2CSCN2C(=O)COc2ccc(F)cc2F)cc1C. The van der Waals surface area contributed by atoms with E-state index in [-0.39, 0.29) is 11.7 Å². The van der Waals surface area contributed by atoms with Crippen molar-refractivity contribution in [2.24, 2.45) is 0 Å². The lowest BCUT2D eigenvalue weighted by Gasteiger charge is -2.23. The number of halogens is 2. The molecule has 2 amide bonds. The quantitative estimate of drug-likeness (QED) is 0.826. The van der Waals surface area contributed by atoms with E-state index in [9.17, 15) is 18.4 Å². The van der Waals surface area contributed by atoms with E-state index in [1.807, 2.05) is 32.0 Å². The zero-order valence-electron chi connectivity index (χ0n) is 15.5. The highest BCUT2D eigenvalue weighted by Gasteiger charge is 2.35. The van der Waals surface area contributed by atoms with Crippen molar-refractivity contribution >= 4 is 29.3 Å². The van der Waals surface area contributed by atoms with Gasteiger partial charge in [0.1, 0.15) is 11.9 Å². The molecule has 1 atom stereocenters. The predicted molar refractivity (Wildman–Crippen MR) is 104 cm³/mol. The van der Waals surface area contributed by atoms with Gasteiger partial charge in [-0.25, -0.2) is 8.78 Å². The number of nitrogens with zero attached hydrogens (tertiary/aromatic N) is 1. The Balaban J connectivity index is 1.61. The number of benzene rings is 2. The molecule has 1 N–H and O–H groups in total. The van der Waals surface area contributed by atoms with Crippen LogP contribution in [-0.4, -0.2) is 41.0 Å². The van der Waals surface area contributed by atoms with Crippen molar-refractivity contribution in [1.29, 1.82) is 0 Å². The Kier molecular flexibility index (Phi) is 6.18. The van der Waals surface area contributed by atoms with E-state index < -0.39 is 30.2 Å². The third kappa shape index (κ3) is 4.62. The number of aryl methyl sites for hydroxylation is 2. The molecule has 1 fully saturated rings. The van der Waals surface area contributed by atoms with Crippen LogP contribution in [-0.2, 0) is 9.59 Å². The third-order valence-corrected chi connectivity index (χ3v) is 5.54. The van der Waals surface area contributed by atoms with Gasteiger partial charge in [0.05, 0.1) is 5.88 Å². The summed E-state index contributed by atoms with van der Waals surface area (Å²) in [4.78, 5) is 26.5. The van der Waals surface area contributed by atoms with Crippen molar-refractivity contribution in [1.82, 2.24) is 4.90 Å². The van der Waals surface area contributed by atoms with Crippen LogP contribution in [0, 0.1) is 25.5 Å². The molecule has 0 aliphatic carbocycles. The van der Waals surface area contributed by atoms with Crippen LogP contribution in [0.15, 0.2) is 36.4 Å². The largest absolute Gasteiger partial charge is 0.481 e. The van der Waals surface area contributed by atoms with Gasteiger partial charge in [-0.2, -0.15) is 0 Å². The molecular formula is C20H20F2N2O3S. The topological polar surface area (TPSA) is 58.6 Å². The molecule has 5 nitrogen and oxygen atoms in total. The average molecular weight is 406 g/mol. The maximum atomic E-state index is 13.6. The number of carbonyl (C=O) groups excluding carboxylic acids is 2. The summed E-state index contributed by atoms with van der Waals surface area (Å²) in [5.74, 6) is -1.73. The first-order valence-electron chi connectivity index (χ1n) is 8.68. The monoisotopic (exact) mass is 406 g/mol. The van der Waals surface area contributed by atoms with Crippen LogP contribution in [0.25, 0.3) is 0 Å². The number of ether oxygens (including phenoxy) is 1. The lowest BCUT2D eigenvalue weighted by molar-refractivity contribution is -0.137. The Morgan fingerprint density at radius 1 is 1.18 bits per heavy atom. The van der Waals surface area contributed by atoms with Crippen LogP contribution in [0.1, 0.15) is 11.1 Å². The predicted octanol–water partition coefficient (Wildman–Crippen LogP) is 3.50. The van der Waals surface area contributed by atoms with Gasteiger partial charge in [0.15, 0.2) is 18.2 Å². The zero-order valence-corrected chi connectivity index (χ0v) is 16.3. The zero-order chi connectivity index (χ0) is 20.3. The summed E-state index contributed by atoms with van der Waals surface area (Å²) in [7, 11) is 0. The summed E-state index contributed by atoms with van der Waals surface area (Å²) >= 11 is 1.45. The fraction of sp³-hybridized carbons (Fsp3) is 0.300. The molecule has 148 valence electrons. The Morgan fingerprint density at radius 2 is 1.96 bits per heavy atom. The summed E-state index contributed by atoms with van der Waals surface area (Å²) < 4.78 is 31.7. The fourth-order valence-corrected chi connectivity index (χ4v) is 3.95. The molecule has 0 bridgehead atoms. The smallest absolute Gasteiger partial charge is 0.261 e. The van der Waals surface area contributed by atoms with Gasteiger partial charge < -0.3 is 15.0 Å². The van der Waals surface area contributed by atoms with E-state index in [1.165, 1.54) is 16.7 Å². The van der Waals surface area contributed by atoms with Crippen molar-refractivity contribution in [2.75, 3.05) is 23.6 Å². The van der Waals surface area contributed by atoms with Gasteiger partial charge in [-0.05, 0) is 49.2 Å².